The SMILES string of the molecule is Cc1ccc(-c2csc(/C(C#N)=C/Nc3ccc(F)cc3[N+](=O)[O-])n2)cc1. The quantitative estimate of drug-likeness (QED) is 0.376. The summed E-state index contributed by atoms with van der Waals surface area (Å²) in [6, 6.07) is 13.1. The number of thiazole rings is 1. The number of benzene rings is 2. The van der Waals surface area contributed by atoms with Crippen molar-refractivity contribution in [2.75, 3.05) is 5.32 Å². The van der Waals surface area contributed by atoms with Crippen LogP contribution < -0.4 is 5.32 Å². The number of nitriles is 1. The number of hydrogen-bond donors (Lipinski definition) is 1. The molecule has 0 radical (unpaired) electrons. The first-order valence-electron chi connectivity index (χ1n) is 7.81. The number of nitrogens with zero attached hydrogens (tertiary/aromatic N) is 3. The lowest BCUT2D eigenvalue weighted by Gasteiger charge is -2.03. The third-order valence-electron chi connectivity index (χ3n) is 3.73. The fourth-order valence-electron chi connectivity index (χ4n) is 2.32. The average Bonchev–Trinajstić information content (AvgIpc) is 3.13. The van der Waals surface area contributed by atoms with Crippen LogP contribution in [0.2, 0.25) is 0 Å². The highest BCUT2D eigenvalue weighted by Gasteiger charge is 2.15. The molecule has 6 nitrogen and oxygen atoms in total. The van der Waals surface area contributed by atoms with Crippen LogP contribution in [0.15, 0.2) is 54.0 Å². The van der Waals surface area contributed by atoms with Crippen LogP contribution in [0.25, 0.3) is 16.8 Å². The lowest BCUT2D eigenvalue weighted by Crippen LogP contribution is -1.97. The molecule has 0 fully saturated rings. The number of aryl methyl sites for hydroxylation is 1. The summed E-state index contributed by atoms with van der Waals surface area (Å²) in [5, 5.41) is 25.5. The predicted octanol–water partition coefficient (Wildman–Crippen LogP) is 5.14. The second kappa shape index (κ2) is 7.76. The highest BCUT2D eigenvalue weighted by Crippen LogP contribution is 2.28. The second-order valence-corrected chi connectivity index (χ2v) is 6.49. The van der Waals surface area contributed by atoms with Crippen molar-refractivity contribution < 1.29 is 9.31 Å². The molecule has 1 aromatic heterocycles. The molecule has 1 heterocycles. The van der Waals surface area contributed by atoms with Crippen molar-refractivity contribution in [1.82, 2.24) is 4.98 Å². The van der Waals surface area contributed by atoms with Crippen LogP contribution in [0, 0.1) is 34.2 Å². The number of anilines is 1. The molecule has 0 saturated heterocycles. The van der Waals surface area contributed by atoms with E-state index in [4.69, 9.17) is 0 Å². The van der Waals surface area contributed by atoms with E-state index in [1.54, 1.807) is 0 Å². The summed E-state index contributed by atoms with van der Waals surface area (Å²) in [6.45, 7) is 1.99. The summed E-state index contributed by atoms with van der Waals surface area (Å²) in [6.07, 6.45) is 1.33. The van der Waals surface area contributed by atoms with Gasteiger partial charge < -0.3 is 5.32 Å². The summed E-state index contributed by atoms with van der Waals surface area (Å²) in [4.78, 5) is 14.8. The maximum Gasteiger partial charge on any atom is 0.295 e. The number of nitro groups is 1. The van der Waals surface area contributed by atoms with Crippen LogP contribution in [0.4, 0.5) is 15.8 Å². The molecule has 0 bridgehead atoms. The smallest absolute Gasteiger partial charge is 0.295 e. The van der Waals surface area contributed by atoms with Gasteiger partial charge >= 0.3 is 0 Å². The van der Waals surface area contributed by atoms with Gasteiger partial charge in [0.15, 0.2) is 0 Å². The molecule has 2 aromatic carbocycles. The summed E-state index contributed by atoms with van der Waals surface area (Å²) in [5.74, 6) is -0.709. The van der Waals surface area contributed by atoms with Crippen molar-refractivity contribution in [2.45, 2.75) is 6.92 Å². The molecular weight excluding hydrogens is 367 g/mol. The molecule has 3 aromatic rings. The van der Waals surface area contributed by atoms with Crippen LogP contribution in [0.3, 0.4) is 0 Å². The Kier molecular flexibility index (Phi) is 5.24. The first kappa shape index (κ1) is 18.2. The molecule has 134 valence electrons. The maximum atomic E-state index is 13.2. The third-order valence-corrected chi connectivity index (χ3v) is 4.61. The molecule has 0 atom stereocenters. The van der Waals surface area contributed by atoms with Gasteiger partial charge in [0.25, 0.3) is 5.69 Å². The fraction of sp³-hybridized carbons (Fsp3) is 0.0526. The second-order valence-electron chi connectivity index (χ2n) is 5.64. The van der Waals surface area contributed by atoms with Gasteiger partial charge in [0.05, 0.1) is 16.7 Å². The van der Waals surface area contributed by atoms with Gasteiger partial charge in [-0.1, -0.05) is 29.8 Å². The molecule has 0 aliphatic heterocycles. The Morgan fingerprint density at radius 3 is 2.74 bits per heavy atom. The first-order valence-corrected chi connectivity index (χ1v) is 8.69. The highest BCUT2D eigenvalue weighted by molar-refractivity contribution is 7.11. The van der Waals surface area contributed by atoms with Gasteiger partial charge in [-0.05, 0) is 19.1 Å². The number of nitro benzene ring substituents is 1. The number of allylic oxidation sites excluding steroid dienone is 1. The molecule has 0 saturated carbocycles. The normalized spacial score (nSPS) is 11.1. The lowest BCUT2D eigenvalue weighted by atomic mass is 10.1. The Morgan fingerprint density at radius 2 is 2.07 bits per heavy atom. The Bertz CT molecular complexity index is 1070. The molecule has 0 aliphatic rings. The zero-order chi connectivity index (χ0) is 19.4. The minimum atomic E-state index is -0.709. The van der Waals surface area contributed by atoms with Gasteiger partial charge in [0, 0.05) is 17.1 Å². The van der Waals surface area contributed by atoms with Crippen molar-refractivity contribution >= 4 is 28.3 Å². The summed E-state index contributed by atoms with van der Waals surface area (Å²) < 4.78 is 13.2. The van der Waals surface area contributed by atoms with Crippen molar-refractivity contribution in [1.29, 1.82) is 5.26 Å². The van der Waals surface area contributed by atoms with Crippen molar-refractivity contribution in [3.8, 4) is 17.3 Å². The molecule has 8 heteroatoms. The van der Waals surface area contributed by atoms with Crippen molar-refractivity contribution in [3.63, 3.8) is 0 Å². The topological polar surface area (TPSA) is 91.8 Å². The third kappa shape index (κ3) is 4.16. The number of halogens is 1. The molecule has 0 aliphatic carbocycles. The molecule has 1 N–H and O–H groups in total. The van der Waals surface area contributed by atoms with Gasteiger partial charge in [0.1, 0.15) is 28.2 Å². The molecule has 0 unspecified atom stereocenters. The van der Waals surface area contributed by atoms with E-state index in [9.17, 15) is 19.8 Å². The summed E-state index contributed by atoms with van der Waals surface area (Å²) in [5.41, 5.74) is 2.70. The number of hydrogen-bond acceptors (Lipinski definition) is 6. The van der Waals surface area contributed by atoms with Crippen molar-refractivity contribution in [3.05, 3.63) is 80.5 Å². The van der Waals surface area contributed by atoms with E-state index >= 15 is 0 Å². The van der Waals surface area contributed by atoms with Gasteiger partial charge in [-0.2, -0.15) is 5.26 Å². The van der Waals surface area contributed by atoms with Crippen LogP contribution >= 0.6 is 11.3 Å². The zero-order valence-electron chi connectivity index (χ0n) is 14.1. The van der Waals surface area contributed by atoms with Crippen LogP contribution in [-0.4, -0.2) is 9.91 Å². The largest absolute Gasteiger partial charge is 0.355 e. The maximum absolute atomic E-state index is 13.2. The van der Waals surface area contributed by atoms with Crippen LogP contribution in [-0.2, 0) is 0 Å². The van der Waals surface area contributed by atoms with Crippen LogP contribution in [0.1, 0.15) is 10.6 Å². The van der Waals surface area contributed by atoms with Gasteiger partial charge in [0.2, 0.25) is 0 Å². The molecule has 27 heavy (non-hydrogen) atoms. The summed E-state index contributed by atoms with van der Waals surface area (Å²) >= 11 is 1.29. The lowest BCUT2D eigenvalue weighted by molar-refractivity contribution is -0.384. The van der Waals surface area contributed by atoms with Crippen LogP contribution in [0.5, 0.6) is 0 Å². The Balaban J connectivity index is 1.87. The van der Waals surface area contributed by atoms with Gasteiger partial charge in [-0.3, -0.25) is 10.1 Å². The Labute approximate surface area is 158 Å². The minimum Gasteiger partial charge on any atom is -0.355 e. The Morgan fingerprint density at radius 1 is 1.33 bits per heavy atom. The average molecular weight is 380 g/mol. The number of rotatable bonds is 5. The summed E-state index contributed by atoms with van der Waals surface area (Å²) in [7, 11) is 0. The van der Waals surface area contributed by atoms with E-state index in [1.165, 1.54) is 23.6 Å². The van der Waals surface area contributed by atoms with E-state index < -0.39 is 16.4 Å². The van der Waals surface area contributed by atoms with E-state index in [0.717, 1.165) is 29.0 Å². The van der Waals surface area contributed by atoms with Gasteiger partial charge in [-0.25, -0.2) is 9.37 Å². The van der Waals surface area contributed by atoms with E-state index in [-0.39, 0.29) is 11.3 Å². The fourth-order valence-corrected chi connectivity index (χ4v) is 3.12. The first-order chi connectivity index (χ1) is 13.0. The molecule has 0 spiro atoms. The highest BCUT2D eigenvalue weighted by atomic mass is 32.1. The van der Waals surface area contributed by atoms with Crippen molar-refractivity contribution in [2.24, 2.45) is 0 Å². The molecule has 3 rings (SSSR count). The predicted molar refractivity (Wildman–Crippen MR) is 103 cm³/mol. The standard InChI is InChI=1S/C19H13FN4O2S/c1-12-2-4-13(5-3-12)17-11-27-19(23-17)14(9-21)10-22-16-7-6-15(20)8-18(16)24(25)26/h2-8,10-11,22H,1H3/b14-10+. The van der Waals surface area contributed by atoms with Gasteiger partial charge in [-0.15, -0.1) is 11.3 Å². The number of nitrogens with one attached hydrogen (secondary N) is 1. The minimum absolute atomic E-state index is 0.0875. The van der Waals surface area contributed by atoms with E-state index in [1.807, 2.05) is 42.6 Å². The molecule has 0 amide bonds. The zero-order valence-corrected chi connectivity index (χ0v) is 15.0. The van der Waals surface area contributed by atoms with E-state index in [2.05, 4.69) is 10.3 Å². The molecular formula is C19H13FN4O2S. The van der Waals surface area contributed by atoms with E-state index in [0.29, 0.717) is 5.01 Å². The monoisotopic (exact) mass is 380 g/mol. The Hall–Kier alpha value is -3.57. The number of aromatic nitrogens is 1.